The molecule has 5 nitrogen and oxygen atoms in total. The van der Waals surface area contributed by atoms with Gasteiger partial charge in [0.25, 0.3) is 5.91 Å². The summed E-state index contributed by atoms with van der Waals surface area (Å²) in [6.45, 7) is 3.42. The maximum Gasteiger partial charge on any atom is 0.344 e. The smallest absolute Gasteiger partial charge is 0.344 e. The second kappa shape index (κ2) is 9.97. The molecule has 0 aliphatic rings. The molecule has 0 bridgehead atoms. The predicted molar refractivity (Wildman–Crippen MR) is 103 cm³/mol. The topological polar surface area (TPSA) is 64.6 Å². The van der Waals surface area contributed by atoms with Gasteiger partial charge in [-0.2, -0.15) is 0 Å². The van der Waals surface area contributed by atoms with E-state index in [2.05, 4.69) is 21.2 Å². The second-order valence-electron chi connectivity index (χ2n) is 5.85. The standard InChI is InChI=1S/C20H22BrNO4/c1-3-18(15-9-7-14(2)8-10-15)22-19(23)12-26-20(24)13-25-17-6-4-5-16(21)11-17/h4-11,18H,3,12-13H2,1-2H3,(H,22,23)/t18-/m0/s1. The highest BCUT2D eigenvalue weighted by molar-refractivity contribution is 9.10. The van der Waals surface area contributed by atoms with E-state index in [1.807, 2.05) is 44.2 Å². The van der Waals surface area contributed by atoms with Crippen LogP contribution in [0, 0.1) is 6.92 Å². The van der Waals surface area contributed by atoms with Crippen molar-refractivity contribution < 1.29 is 19.1 Å². The van der Waals surface area contributed by atoms with Gasteiger partial charge in [-0.05, 0) is 37.1 Å². The van der Waals surface area contributed by atoms with Crippen LogP contribution in [0.3, 0.4) is 0 Å². The molecule has 0 saturated heterocycles. The molecule has 6 heteroatoms. The zero-order valence-corrected chi connectivity index (χ0v) is 16.4. The molecule has 1 N–H and O–H groups in total. The second-order valence-corrected chi connectivity index (χ2v) is 6.76. The van der Waals surface area contributed by atoms with Crippen molar-refractivity contribution in [2.24, 2.45) is 0 Å². The van der Waals surface area contributed by atoms with E-state index >= 15 is 0 Å². The zero-order chi connectivity index (χ0) is 18.9. The third kappa shape index (κ3) is 6.52. The Balaban J connectivity index is 1.76. The molecule has 0 radical (unpaired) electrons. The molecular formula is C20H22BrNO4. The van der Waals surface area contributed by atoms with E-state index in [0.29, 0.717) is 5.75 Å². The van der Waals surface area contributed by atoms with E-state index in [1.54, 1.807) is 18.2 Å². The number of halogens is 1. The molecule has 2 rings (SSSR count). The van der Waals surface area contributed by atoms with Crippen LogP contribution in [0.25, 0.3) is 0 Å². The highest BCUT2D eigenvalue weighted by Crippen LogP contribution is 2.18. The molecule has 1 atom stereocenters. The fraction of sp³-hybridized carbons (Fsp3) is 0.300. The van der Waals surface area contributed by atoms with Gasteiger partial charge in [-0.1, -0.05) is 58.7 Å². The number of aryl methyl sites for hydroxylation is 1. The van der Waals surface area contributed by atoms with E-state index in [1.165, 1.54) is 0 Å². The lowest BCUT2D eigenvalue weighted by Crippen LogP contribution is -2.32. The quantitative estimate of drug-likeness (QED) is 0.657. The van der Waals surface area contributed by atoms with Gasteiger partial charge in [0, 0.05) is 4.47 Å². The van der Waals surface area contributed by atoms with E-state index < -0.39 is 5.97 Å². The third-order valence-corrected chi connectivity index (χ3v) is 4.23. The van der Waals surface area contributed by atoms with Crippen LogP contribution in [0.15, 0.2) is 53.0 Å². The summed E-state index contributed by atoms with van der Waals surface area (Å²) in [5, 5.41) is 2.88. The Labute approximate surface area is 161 Å². The van der Waals surface area contributed by atoms with Crippen molar-refractivity contribution in [3.8, 4) is 5.75 Å². The van der Waals surface area contributed by atoms with Gasteiger partial charge in [-0.15, -0.1) is 0 Å². The molecule has 0 fully saturated rings. The van der Waals surface area contributed by atoms with Crippen molar-refractivity contribution in [1.29, 1.82) is 0 Å². The summed E-state index contributed by atoms with van der Waals surface area (Å²) in [5.74, 6) is -0.386. The molecule has 2 aromatic carbocycles. The highest BCUT2D eigenvalue weighted by atomic mass is 79.9. The highest BCUT2D eigenvalue weighted by Gasteiger charge is 2.14. The van der Waals surface area contributed by atoms with Crippen molar-refractivity contribution >= 4 is 27.8 Å². The molecule has 1 amide bonds. The molecule has 0 saturated carbocycles. The van der Waals surface area contributed by atoms with Gasteiger partial charge < -0.3 is 14.8 Å². The van der Waals surface area contributed by atoms with Crippen LogP contribution in [0.2, 0.25) is 0 Å². The number of carbonyl (C=O) groups excluding carboxylic acids is 2. The minimum absolute atomic E-state index is 0.111. The Bertz CT molecular complexity index is 746. The lowest BCUT2D eigenvalue weighted by atomic mass is 10.0. The van der Waals surface area contributed by atoms with Crippen molar-refractivity contribution in [1.82, 2.24) is 5.32 Å². The Morgan fingerprint density at radius 3 is 2.50 bits per heavy atom. The Kier molecular flexibility index (Phi) is 7.66. The molecule has 0 aromatic heterocycles. The molecule has 2 aromatic rings. The lowest BCUT2D eigenvalue weighted by Gasteiger charge is -2.17. The first-order valence-electron chi connectivity index (χ1n) is 8.38. The van der Waals surface area contributed by atoms with Gasteiger partial charge >= 0.3 is 5.97 Å². The van der Waals surface area contributed by atoms with E-state index in [4.69, 9.17) is 9.47 Å². The number of benzene rings is 2. The van der Waals surface area contributed by atoms with Crippen molar-refractivity contribution in [2.75, 3.05) is 13.2 Å². The Hall–Kier alpha value is -2.34. The molecule has 0 aliphatic heterocycles. The summed E-state index contributed by atoms with van der Waals surface area (Å²) in [7, 11) is 0. The average Bonchev–Trinajstić information content (AvgIpc) is 2.63. The van der Waals surface area contributed by atoms with E-state index in [0.717, 1.165) is 22.0 Å². The summed E-state index contributed by atoms with van der Waals surface area (Å²) in [4.78, 5) is 23.8. The fourth-order valence-corrected chi connectivity index (χ4v) is 2.72. The predicted octanol–water partition coefficient (Wildman–Crippen LogP) is 3.95. The first kappa shape index (κ1) is 20.0. The van der Waals surface area contributed by atoms with Gasteiger partial charge in [-0.25, -0.2) is 4.79 Å². The van der Waals surface area contributed by atoms with Crippen molar-refractivity contribution in [2.45, 2.75) is 26.3 Å². The van der Waals surface area contributed by atoms with Crippen LogP contribution in [-0.4, -0.2) is 25.1 Å². The molecule has 26 heavy (non-hydrogen) atoms. The first-order chi connectivity index (χ1) is 12.5. The SMILES string of the molecule is CC[C@H](NC(=O)COC(=O)COc1cccc(Br)c1)c1ccc(C)cc1. The Morgan fingerprint density at radius 1 is 1.12 bits per heavy atom. The van der Waals surface area contributed by atoms with Crippen LogP contribution < -0.4 is 10.1 Å². The van der Waals surface area contributed by atoms with Crippen LogP contribution in [0.5, 0.6) is 5.75 Å². The van der Waals surface area contributed by atoms with Crippen LogP contribution in [0.4, 0.5) is 0 Å². The number of amides is 1. The van der Waals surface area contributed by atoms with Crippen LogP contribution >= 0.6 is 15.9 Å². The molecule has 0 unspecified atom stereocenters. The minimum atomic E-state index is -0.594. The third-order valence-electron chi connectivity index (χ3n) is 3.74. The summed E-state index contributed by atoms with van der Waals surface area (Å²) in [6.07, 6.45) is 0.745. The van der Waals surface area contributed by atoms with Crippen LogP contribution in [0.1, 0.15) is 30.5 Å². The van der Waals surface area contributed by atoms with Gasteiger partial charge in [0.05, 0.1) is 6.04 Å². The minimum Gasteiger partial charge on any atom is -0.482 e. The summed E-state index contributed by atoms with van der Waals surface area (Å²) in [5.41, 5.74) is 2.19. The van der Waals surface area contributed by atoms with Gasteiger partial charge in [0.1, 0.15) is 5.75 Å². The number of hydrogen-bond donors (Lipinski definition) is 1. The zero-order valence-electron chi connectivity index (χ0n) is 14.8. The largest absolute Gasteiger partial charge is 0.482 e. The molecular weight excluding hydrogens is 398 g/mol. The van der Waals surface area contributed by atoms with Crippen molar-refractivity contribution in [3.05, 3.63) is 64.1 Å². The summed E-state index contributed by atoms with van der Waals surface area (Å²) < 4.78 is 11.1. The monoisotopic (exact) mass is 419 g/mol. The number of ether oxygens (including phenoxy) is 2. The van der Waals surface area contributed by atoms with E-state index in [9.17, 15) is 9.59 Å². The first-order valence-corrected chi connectivity index (χ1v) is 9.17. The average molecular weight is 420 g/mol. The maximum atomic E-state index is 12.0. The van der Waals surface area contributed by atoms with Gasteiger partial charge in [-0.3, -0.25) is 4.79 Å². The number of esters is 1. The van der Waals surface area contributed by atoms with Gasteiger partial charge in [0.15, 0.2) is 13.2 Å². The van der Waals surface area contributed by atoms with Gasteiger partial charge in [0.2, 0.25) is 0 Å². The molecule has 138 valence electrons. The van der Waals surface area contributed by atoms with Crippen molar-refractivity contribution in [3.63, 3.8) is 0 Å². The summed E-state index contributed by atoms with van der Waals surface area (Å²) in [6, 6.07) is 15.0. The number of nitrogens with one attached hydrogen (secondary N) is 1. The number of carbonyl (C=O) groups is 2. The van der Waals surface area contributed by atoms with Crippen LogP contribution in [-0.2, 0) is 14.3 Å². The molecule has 0 spiro atoms. The number of rotatable bonds is 8. The normalized spacial score (nSPS) is 11.5. The Morgan fingerprint density at radius 2 is 1.85 bits per heavy atom. The molecule has 0 aliphatic carbocycles. The van der Waals surface area contributed by atoms with E-state index in [-0.39, 0.29) is 25.2 Å². The number of hydrogen-bond acceptors (Lipinski definition) is 4. The lowest BCUT2D eigenvalue weighted by molar-refractivity contribution is -0.150. The fourth-order valence-electron chi connectivity index (χ4n) is 2.34. The summed E-state index contributed by atoms with van der Waals surface area (Å²) >= 11 is 3.32. The maximum absolute atomic E-state index is 12.0. The molecule has 0 heterocycles.